The standard InChI is InChI=1S/C17H33N3O/c1-3-4-5-6-7-8-9-10-14-20-15-13-19-17(20)18-12-11-16-21-2/h13,15H,3-12,14,16H2,1-2H3,(H,18,19). The first-order valence-electron chi connectivity index (χ1n) is 8.62. The minimum atomic E-state index is 0.797. The Morgan fingerprint density at radius 3 is 2.48 bits per heavy atom. The Morgan fingerprint density at radius 1 is 1.05 bits per heavy atom. The highest BCUT2D eigenvalue weighted by molar-refractivity contribution is 5.25. The van der Waals surface area contributed by atoms with Crippen LogP contribution in [0.5, 0.6) is 0 Å². The van der Waals surface area contributed by atoms with Crippen molar-refractivity contribution in [1.29, 1.82) is 0 Å². The van der Waals surface area contributed by atoms with Crippen molar-refractivity contribution >= 4 is 5.95 Å². The molecule has 0 saturated carbocycles. The van der Waals surface area contributed by atoms with Crippen LogP contribution in [-0.2, 0) is 11.3 Å². The number of nitrogens with zero attached hydrogens (tertiary/aromatic N) is 2. The molecule has 0 spiro atoms. The maximum Gasteiger partial charge on any atom is 0.202 e. The fourth-order valence-electron chi connectivity index (χ4n) is 2.49. The number of anilines is 1. The lowest BCUT2D eigenvalue weighted by Crippen LogP contribution is -2.10. The Bertz CT molecular complexity index is 339. The van der Waals surface area contributed by atoms with Crippen LogP contribution < -0.4 is 5.32 Å². The minimum absolute atomic E-state index is 0.797. The number of aryl methyl sites for hydroxylation is 1. The van der Waals surface area contributed by atoms with E-state index in [0.717, 1.165) is 32.1 Å². The fourth-order valence-corrected chi connectivity index (χ4v) is 2.49. The van der Waals surface area contributed by atoms with Gasteiger partial charge >= 0.3 is 0 Å². The fraction of sp³-hybridized carbons (Fsp3) is 0.824. The van der Waals surface area contributed by atoms with Gasteiger partial charge in [-0.05, 0) is 12.8 Å². The van der Waals surface area contributed by atoms with Gasteiger partial charge in [-0.15, -0.1) is 0 Å². The van der Waals surface area contributed by atoms with Gasteiger partial charge in [-0.1, -0.05) is 51.9 Å². The summed E-state index contributed by atoms with van der Waals surface area (Å²) < 4.78 is 7.28. The van der Waals surface area contributed by atoms with E-state index in [0.29, 0.717) is 0 Å². The van der Waals surface area contributed by atoms with E-state index < -0.39 is 0 Å². The first kappa shape index (κ1) is 18.0. The van der Waals surface area contributed by atoms with Crippen molar-refractivity contribution in [1.82, 2.24) is 9.55 Å². The Kier molecular flexibility index (Phi) is 10.9. The van der Waals surface area contributed by atoms with Gasteiger partial charge in [0.1, 0.15) is 0 Å². The predicted molar refractivity (Wildman–Crippen MR) is 89.8 cm³/mol. The molecule has 0 amide bonds. The third-order valence-electron chi connectivity index (χ3n) is 3.78. The number of unbranched alkanes of at least 4 members (excludes halogenated alkanes) is 7. The first-order chi connectivity index (χ1) is 10.4. The van der Waals surface area contributed by atoms with Crippen LogP contribution in [0.1, 0.15) is 64.7 Å². The Morgan fingerprint density at radius 2 is 1.76 bits per heavy atom. The molecule has 0 aliphatic carbocycles. The molecule has 0 unspecified atom stereocenters. The van der Waals surface area contributed by atoms with Crippen molar-refractivity contribution in [3.8, 4) is 0 Å². The maximum atomic E-state index is 5.05. The summed E-state index contributed by atoms with van der Waals surface area (Å²) in [4.78, 5) is 4.37. The van der Waals surface area contributed by atoms with Crippen LogP contribution >= 0.6 is 0 Å². The van der Waals surface area contributed by atoms with Gasteiger partial charge in [0.15, 0.2) is 0 Å². The first-order valence-corrected chi connectivity index (χ1v) is 8.62. The topological polar surface area (TPSA) is 39.1 Å². The molecule has 1 rings (SSSR count). The summed E-state index contributed by atoms with van der Waals surface area (Å²) in [6.45, 7) is 5.06. The van der Waals surface area contributed by atoms with Gasteiger partial charge in [-0.25, -0.2) is 4.98 Å². The molecule has 0 saturated heterocycles. The number of imidazole rings is 1. The average Bonchev–Trinajstić information content (AvgIpc) is 2.94. The van der Waals surface area contributed by atoms with Crippen LogP contribution in [0, 0.1) is 0 Å². The van der Waals surface area contributed by atoms with Crippen LogP contribution in [0.2, 0.25) is 0 Å². The van der Waals surface area contributed by atoms with Gasteiger partial charge in [0.2, 0.25) is 5.95 Å². The number of hydrogen-bond acceptors (Lipinski definition) is 3. The second-order valence-corrected chi connectivity index (χ2v) is 5.69. The number of aromatic nitrogens is 2. The van der Waals surface area contributed by atoms with Gasteiger partial charge in [-0.3, -0.25) is 0 Å². The van der Waals surface area contributed by atoms with Crippen molar-refractivity contribution in [3.05, 3.63) is 12.4 Å². The lowest BCUT2D eigenvalue weighted by atomic mass is 10.1. The summed E-state index contributed by atoms with van der Waals surface area (Å²) in [6, 6.07) is 0. The van der Waals surface area contributed by atoms with E-state index >= 15 is 0 Å². The summed E-state index contributed by atoms with van der Waals surface area (Å²) in [7, 11) is 1.74. The van der Waals surface area contributed by atoms with Crippen molar-refractivity contribution in [2.75, 3.05) is 25.6 Å². The molecule has 1 aromatic rings. The molecule has 4 heteroatoms. The summed E-state index contributed by atoms with van der Waals surface area (Å²) in [5.74, 6) is 0.994. The molecule has 4 nitrogen and oxygen atoms in total. The van der Waals surface area contributed by atoms with E-state index in [4.69, 9.17) is 4.74 Å². The van der Waals surface area contributed by atoms with E-state index in [2.05, 4.69) is 28.0 Å². The molecule has 1 aromatic heterocycles. The number of ether oxygens (including phenoxy) is 1. The molecule has 122 valence electrons. The van der Waals surface area contributed by atoms with Crippen molar-refractivity contribution < 1.29 is 4.74 Å². The van der Waals surface area contributed by atoms with Crippen LogP contribution in [0.4, 0.5) is 5.95 Å². The highest BCUT2D eigenvalue weighted by Crippen LogP contribution is 2.11. The van der Waals surface area contributed by atoms with Gasteiger partial charge in [0.25, 0.3) is 0 Å². The third-order valence-corrected chi connectivity index (χ3v) is 3.78. The molecule has 21 heavy (non-hydrogen) atoms. The Hall–Kier alpha value is -1.03. The SMILES string of the molecule is CCCCCCCCCCn1ccnc1NCCCOC. The molecule has 1 heterocycles. The average molecular weight is 295 g/mol. The Balaban J connectivity index is 2.05. The summed E-state index contributed by atoms with van der Waals surface area (Å²) in [6.07, 6.45) is 15.8. The summed E-state index contributed by atoms with van der Waals surface area (Å²) in [5.41, 5.74) is 0. The molecule has 0 atom stereocenters. The summed E-state index contributed by atoms with van der Waals surface area (Å²) in [5, 5.41) is 3.38. The molecule has 1 N–H and O–H groups in total. The summed E-state index contributed by atoms with van der Waals surface area (Å²) >= 11 is 0. The maximum absolute atomic E-state index is 5.05. The predicted octanol–water partition coefficient (Wildman–Crippen LogP) is 4.47. The zero-order chi connectivity index (χ0) is 15.2. The molecule has 0 aromatic carbocycles. The second kappa shape index (κ2) is 12.7. The molecular formula is C17H33N3O. The molecule has 0 fully saturated rings. The minimum Gasteiger partial charge on any atom is -0.385 e. The Labute approximate surface area is 130 Å². The van der Waals surface area contributed by atoms with Crippen LogP contribution in [0.25, 0.3) is 0 Å². The largest absolute Gasteiger partial charge is 0.385 e. The van der Waals surface area contributed by atoms with Crippen LogP contribution in [0.15, 0.2) is 12.4 Å². The zero-order valence-electron chi connectivity index (χ0n) is 13.9. The van der Waals surface area contributed by atoms with Crippen molar-refractivity contribution in [3.63, 3.8) is 0 Å². The van der Waals surface area contributed by atoms with Gasteiger partial charge in [-0.2, -0.15) is 0 Å². The molecule has 0 aliphatic rings. The molecule has 0 bridgehead atoms. The van der Waals surface area contributed by atoms with Crippen LogP contribution in [-0.4, -0.2) is 29.8 Å². The lowest BCUT2D eigenvalue weighted by Gasteiger charge is -2.09. The highest BCUT2D eigenvalue weighted by atomic mass is 16.5. The van der Waals surface area contributed by atoms with E-state index in [9.17, 15) is 0 Å². The number of rotatable bonds is 14. The number of nitrogens with one attached hydrogen (secondary N) is 1. The smallest absolute Gasteiger partial charge is 0.202 e. The van der Waals surface area contributed by atoms with Gasteiger partial charge in [0.05, 0.1) is 0 Å². The van der Waals surface area contributed by atoms with Gasteiger partial charge < -0.3 is 14.6 Å². The molecular weight excluding hydrogens is 262 g/mol. The molecule has 0 aliphatic heterocycles. The van der Waals surface area contributed by atoms with Crippen LogP contribution in [0.3, 0.4) is 0 Å². The third kappa shape index (κ3) is 8.76. The monoisotopic (exact) mass is 295 g/mol. The second-order valence-electron chi connectivity index (χ2n) is 5.69. The number of hydrogen-bond donors (Lipinski definition) is 1. The number of methoxy groups -OCH3 is 1. The van der Waals surface area contributed by atoms with Crippen molar-refractivity contribution in [2.45, 2.75) is 71.3 Å². The lowest BCUT2D eigenvalue weighted by molar-refractivity contribution is 0.197. The van der Waals surface area contributed by atoms with E-state index in [1.165, 1.54) is 51.4 Å². The quantitative estimate of drug-likeness (QED) is 0.515. The molecule has 0 radical (unpaired) electrons. The van der Waals surface area contributed by atoms with Crippen molar-refractivity contribution in [2.24, 2.45) is 0 Å². The van der Waals surface area contributed by atoms with Gasteiger partial charge in [0, 0.05) is 39.2 Å². The van der Waals surface area contributed by atoms with E-state index in [1.807, 2.05) is 6.20 Å². The zero-order valence-corrected chi connectivity index (χ0v) is 13.9. The van der Waals surface area contributed by atoms with E-state index in [1.54, 1.807) is 7.11 Å². The normalized spacial score (nSPS) is 11.0. The van der Waals surface area contributed by atoms with E-state index in [-0.39, 0.29) is 0 Å². The highest BCUT2D eigenvalue weighted by Gasteiger charge is 2.01.